The van der Waals surface area contributed by atoms with E-state index >= 15 is 0 Å². The number of carboxylic acids is 2. The van der Waals surface area contributed by atoms with Crippen LogP contribution in [0.3, 0.4) is 0 Å². The van der Waals surface area contributed by atoms with Gasteiger partial charge in [-0.15, -0.1) is 0 Å². The zero-order valence-electron chi connectivity index (χ0n) is 19.8. The number of carbonyl (C=O) groups is 4. The van der Waals surface area contributed by atoms with E-state index in [1.165, 1.54) is 70.6 Å². The molecule has 0 heterocycles. The van der Waals surface area contributed by atoms with E-state index in [1.807, 2.05) is 0 Å². The highest BCUT2D eigenvalue weighted by Crippen LogP contribution is 2.12. The lowest BCUT2D eigenvalue weighted by Crippen LogP contribution is -2.31. The van der Waals surface area contributed by atoms with Gasteiger partial charge in [-0.3, -0.25) is 19.2 Å². The Hall–Kier alpha value is -2.16. The Morgan fingerprint density at radius 1 is 0.750 bits per heavy atom. The summed E-state index contributed by atoms with van der Waals surface area (Å²) >= 11 is 0. The van der Waals surface area contributed by atoms with E-state index in [9.17, 15) is 19.2 Å². The van der Waals surface area contributed by atoms with Crippen molar-refractivity contribution in [2.24, 2.45) is 11.5 Å². The van der Waals surface area contributed by atoms with E-state index in [4.69, 9.17) is 21.7 Å². The second-order valence-corrected chi connectivity index (χ2v) is 8.11. The average Bonchev–Trinajstić information content (AvgIpc) is 2.74. The van der Waals surface area contributed by atoms with Crippen LogP contribution in [0.1, 0.15) is 110 Å². The molecule has 1 atom stereocenters. The maximum absolute atomic E-state index is 11.3. The summed E-state index contributed by atoms with van der Waals surface area (Å²) in [6, 6.07) is -0.979. The molecule has 0 aliphatic heterocycles. The number of carboxylic acid groups (broad SMARTS) is 2. The fraction of sp³-hybridized carbons (Fsp3) is 0.826. The number of nitrogens with one attached hydrogen (secondary N) is 1. The minimum atomic E-state index is -1.11. The van der Waals surface area contributed by atoms with Gasteiger partial charge in [0.15, 0.2) is 0 Å². The van der Waals surface area contributed by atoms with Crippen molar-refractivity contribution in [3.8, 4) is 0 Å². The quantitative estimate of drug-likeness (QED) is 0.174. The molecule has 188 valence electrons. The van der Waals surface area contributed by atoms with Crippen LogP contribution >= 0.6 is 0 Å². The zero-order chi connectivity index (χ0) is 24.6. The Labute approximate surface area is 192 Å². The van der Waals surface area contributed by atoms with Gasteiger partial charge in [0.05, 0.1) is 0 Å². The van der Waals surface area contributed by atoms with Gasteiger partial charge in [0, 0.05) is 12.8 Å². The van der Waals surface area contributed by atoms with Crippen LogP contribution in [0.5, 0.6) is 0 Å². The minimum absolute atomic E-state index is 0.0213. The Morgan fingerprint density at radius 3 is 1.56 bits per heavy atom. The molecule has 32 heavy (non-hydrogen) atoms. The van der Waals surface area contributed by atoms with Crippen molar-refractivity contribution in [3.63, 3.8) is 0 Å². The number of hydrogen-bond donors (Lipinski definition) is 5. The number of nitrogens with two attached hydrogens (primary N) is 2. The fourth-order valence-corrected chi connectivity index (χ4v) is 2.99. The van der Waals surface area contributed by atoms with Crippen LogP contribution in [0.2, 0.25) is 0 Å². The molecule has 0 saturated carbocycles. The Bertz CT molecular complexity index is 514. The van der Waals surface area contributed by atoms with Crippen molar-refractivity contribution in [3.05, 3.63) is 0 Å². The summed E-state index contributed by atoms with van der Waals surface area (Å²) in [5.74, 6) is -2.78. The van der Waals surface area contributed by atoms with Gasteiger partial charge in [-0.05, 0) is 12.8 Å². The van der Waals surface area contributed by atoms with Crippen molar-refractivity contribution in [2.45, 2.75) is 116 Å². The van der Waals surface area contributed by atoms with E-state index in [0.717, 1.165) is 12.8 Å². The minimum Gasteiger partial charge on any atom is -0.480 e. The topological polar surface area (TPSA) is 173 Å². The lowest BCUT2D eigenvalue weighted by Gasteiger charge is -2.04. The monoisotopic (exact) mass is 459 g/mol. The molecule has 1 unspecified atom stereocenters. The number of aliphatic carboxylic acids is 2. The third-order valence-corrected chi connectivity index (χ3v) is 4.96. The first-order valence-electron chi connectivity index (χ1n) is 12.0. The number of rotatable bonds is 20. The first-order valence-corrected chi connectivity index (χ1v) is 12.0. The van der Waals surface area contributed by atoms with Gasteiger partial charge in [0.1, 0.15) is 12.6 Å². The molecular weight excluding hydrogens is 414 g/mol. The highest BCUT2D eigenvalue weighted by Gasteiger charge is 2.11. The molecule has 0 saturated heterocycles. The second kappa shape index (κ2) is 23.5. The highest BCUT2D eigenvalue weighted by atomic mass is 16.4. The van der Waals surface area contributed by atoms with Crippen molar-refractivity contribution >= 4 is 23.8 Å². The van der Waals surface area contributed by atoms with Crippen LogP contribution in [0.25, 0.3) is 0 Å². The molecule has 0 radical (unpaired) electrons. The molecule has 0 fully saturated rings. The van der Waals surface area contributed by atoms with E-state index < -0.39 is 23.9 Å². The molecule has 0 aromatic rings. The molecule has 2 amide bonds. The van der Waals surface area contributed by atoms with Gasteiger partial charge >= 0.3 is 11.9 Å². The van der Waals surface area contributed by atoms with Crippen molar-refractivity contribution < 1.29 is 29.4 Å². The summed E-state index contributed by atoms with van der Waals surface area (Å²) in [5, 5.41) is 19.0. The number of hydrogen-bond acceptors (Lipinski definition) is 5. The van der Waals surface area contributed by atoms with E-state index in [-0.39, 0.29) is 25.3 Å². The number of primary amides is 1. The van der Waals surface area contributed by atoms with Gasteiger partial charge in [-0.1, -0.05) is 84.0 Å². The van der Waals surface area contributed by atoms with E-state index in [0.29, 0.717) is 6.42 Å². The lowest BCUT2D eigenvalue weighted by molar-refractivity contribution is -0.139. The second-order valence-electron chi connectivity index (χ2n) is 8.11. The van der Waals surface area contributed by atoms with Gasteiger partial charge in [-0.25, -0.2) is 0 Å². The number of carbonyl (C=O) groups excluding carboxylic acids is 2. The first-order chi connectivity index (χ1) is 15.2. The van der Waals surface area contributed by atoms with Gasteiger partial charge in [0.25, 0.3) is 0 Å². The normalized spacial score (nSPS) is 11.2. The molecular formula is C23H45N3O6. The van der Waals surface area contributed by atoms with E-state index in [1.54, 1.807) is 0 Å². The first kappa shape index (κ1) is 32.0. The largest absolute Gasteiger partial charge is 0.480 e. The summed E-state index contributed by atoms with van der Waals surface area (Å²) < 4.78 is 0. The maximum atomic E-state index is 11.3. The fourth-order valence-electron chi connectivity index (χ4n) is 2.99. The van der Waals surface area contributed by atoms with Gasteiger partial charge in [-0.2, -0.15) is 0 Å². The molecule has 9 heteroatoms. The Balaban J connectivity index is 0. The van der Waals surface area contributed by atoms with Crippen LogP contribution in [0.15, 0.2) is 0 Å². The molecule has 7 N–H and O–H groups in total. The Morgan fingerprint density at radius 2 is 1.19 bits per heavy atom. The third kappa shape index (κ3) is 27.8. The summed E-state index contributed by atoms with van der Waals surface area (Å²) in [6.45, 7) is 1.99. The van der Waals surface area contributed by atoms with E-state index in [2.05, 4.69) is 12.2 Å². The SMILES string of the molecule is CCCCCCCCCCCCCCCC(=O)NCC(=O)O.NC(=O)CCC(N)C(=O)O. The standard InChI is InChI=1S/C18H35NO3.C5H10N2O3/c1-2-3-4-5-6-7-8-9-10-11-12-13-14-15-17(20)19-16-18(21)22;6-3(5(9)10)1-2-4(7)8/h2-16H2,1H3,(H,19,20)(H,21,22);3H,1-2,6H2,(H2,7,8)(H,9,10). The summed E-state index contributed by atoms with van der Waals surface area (Å²) in [5.41, 5.74) is 9.81. The predicted molar refractivity (Wildman–Crippen MR) is 125 cm³/mol. The van der Waals surface area contributed by atoms with Crippen molar-refractivity contribution in [2.75, 3.05) is 6.54 Å². The molecule has 0 rings (SSSR count). The van der Waals surface area contributed by atoms with Crippen LogP contribution in [0, 0.1) is 0 Å². The third-order valence-electron chi connectivity index (χ3n) is 4.96. The lowest BCUT2D eigenvalue weighted by atomic mass is 10.0. The van der Waals surface area contributed by atoms with Crippen LogP contribution in [-0.4, -0.2) is 46.6 Å². The zero-order valence-corrected chi connectivity index (χ0v) is 19.8. The molecule has 0 spiro atoms. The molecule has 0 aliphatic carbocycles. The maximum Gasteiger partial charge on any atom is 0.322 e. The number of amides is 2. The molecule has 0 bridgehead atoms. The van der Waals surface area contributed by atoms with Crippen LogP contribution < -0.4 is 16.8 Å². The van der Waals surface area contributed by atoms with Crippen LogP contribution in [-0.2, 0) is 19.2 Å². The van der Waals surface area contributed by atoms with Gasteiger partial charge in [0.2, 0.25) is 11.8 Å². The Kier molecular flexibility index (Phi) is 23.5. The van der Waals surface area contributed by atoms with Crippen molar-refractivity contribution in [1.82, 2.24) is 5.32 Å². The average molecular weight is 460 g/mol. The summed E-state index contributed by atoms with van der Waals surface area (Å²) in [6.07, 6.45) is 17.2. The molecule has 0 aromatic carbocycles. The van der Waals surface area contributed by atoms with Crippen LogP contribution in [0.4, 0.5) is 0 Å². The van der Waals surface area contributed by atoms with Crippen molar-refractivity contribution in [1.29, 1.82) is 0 Å². The smallest absolute Gasteiger partial charge is 0.322 e. The predicted octanol–water partition coefficient (Wildman–Crippen LogP) is 3.33. The summed E-state index contributed by atoms with van der Waals surface area (Å²) in [4.78, 5) is 41.7. The summed E-state index contributed by atoms with van der Waals surface area (Å²) in [7, 11) is 0. The molecule has 0 aliphatic rings. The molecule has 0 aromatic heterocycles. The molecule has 9 nitrogen and oxygen atoms in total. The highest BCUT2D eigenvalue weighted by molar-refractivity contribution is 5.81. The van der Waals surface area contributed by atoms with Gasteiger partial charge < -0.3 is 27.0 Å². The number of unbranched alkanes of at least 4 members (excludes halogenated alkanes) is 12.